The van der Waals surface area contributed by atoms with Crippen molar-refractivity contribution in [3.8, 4) is 0 Å². The van der Waals surface area contributed by atoms with Crippen molar-refractivity contribution in [2.75, 3.05) is 32.7 Å². The quantitative estimate of drug-likeness (QED) is 0.833. The first kappa shape index (κ1) is 18.9. The average Bonchev–Trinajstić information content (AvgIpc) is 2.69. The van der Waals surface area contributed by atoms with E-state index in [1.807, 2.05) is 29.2 Å². The molecule has 1 heterocycles. The molecule has 1 saturated heterocycles. The zero-order valence-corrected chi connectivity index (χ0v) is 15.5. The lowest BCUT2D eigenvalue weighted by molar-refractivity contribution is -0.123. The number of piperazine rings is 1. The number of benzene rings is 1. The molecule has 1 aliphatic heterocycles. The minimum atomic E-state index is 0.0554. The van der Waals surface area contributed by atoms with E-state index in [2.05, 4.69) is 10.2 Å². The zero-order valence-electron chi connectivity index (χ0n) is 15.5. The van der Waals surface area contributed by atoms with E-state index in [-0.39, 0.29) is 11.8 Å². The molecule has 2 fully saturated rings. The fourth-order valence-corrected chi connectivity index (χ4v) is 3.80. The summed E-state index contributed by atoms with van der Waals surface area (Å²) in [5, 5.41) is 3.17. The molecule has 0 bridgehead atoms. The number of amides is 2. The van der Waals surface area contributed by atoms with Crippen LogP contribution in [0.4, 0.5) is 0 Å². The van der Waals surface area contributed by atoms with Crippen LogP contribution in [0.25, 0.3) is 0 Å². The van der Waals surface area contributed by atoms with E-state index in [1.165, 1.54) is 19.3 Å². The second kappa shape index (κ2) is 9.14. The van der Waals surface area contributed by atoms with Crippen molar-refractivity contribution < 1.29 is 9.59 Å². The summed E-state index contributed by atoms with van der Waals surface area (Å²) in [6, 6.07) is 7.84. The molecule has 3 rings (SSSR count). The Morgan fingerprint density at radius 3 is 2.27 bits per heavy atom. The summed E-state index contributed by atoms with van der Waals surface area (Å²) < 4.78 is 0. The van der Waals surface area contributed by atoms with Gasteiger partial charge in [-0.15, -0.1) is 0 Å². The van der Waals surface area contributed by atoms with Crippen LogP contribution in [0.15, 0.2) is 24.3 Å². The Labute approximate surface area is 155 Å². The maximum Gasteiger partial charge on any atom is 0.253 e. The van der Waals surface area contributed by atoms with E-state index in [9.17, 15) is 9.59 Å². The monoisotopic (exact) mass is 358 g/mol. The van der Waals surface area contributed by atoms with Crippen LogP contribution in [0.3, 0.4) is 0 Å². The molecule has 3 N–H and O–H groups in total. The molecule has 0 unspecified atom stereocenters. The third kappa shape index (κ3) is 5.05. The predicted octanol–water partition coefficient (Wildman–Crippen LogP) is 1.35. The minimum absolute atomic E-state index is 0.0554. The van der Waals surface area contributed by atoms with Gasteiger partial charge in [-0.05, 0) is 30.5 Å². The van der Waals surface area contributed by atoms with Gasteiger partial charge in [-0.2, -0.15) is 0 Å². The van der Waals surface area contributed by atoms with Gasteiger partial charge in [0.05, 0.1) is 6.54 Å². The van der Waals surface area contributed by atoms with Gasteiger partial charge in [0, 0.05) is 44.3 Å². The second-order valence-electron chi connectivity index (χ2n) is 7.37. The molecule has 1 aliphatic carbocycles. The van der Waals surface area contributed by atoms with Crippen molar-refractivity contribution >= 4 is 11.8 Å². The Morgan fingerprint density at radius 1 is 1.00 bits per heavy atom. The molecular formula is C20H30N4O2. The van der Waals surface area contributed by atoms with E-state index in [0.717, 1.165) is 31.5 Å². The fraction of sp³-hybridized carbons (Fsp3) is 0.600. The zero-order chi connectivity index (χ0) is 18.4. The normalized spacial score (nSPS) is 19.3. The molecule has 26 heavy (non-hydrogen) atoms. The van der Waals surface area contributed by atoms with Gasteiger partial charge in [-0.3, -0.25) is 14.5 Å². The molecule has 6 nitrogen and oxygen atoms in total. The molecule has 0 aromatic heterocycles. The van der Waals surface area contributed by atoms with E-state index in [4.69, 9.17) is 5.73 Å². The van der Waals surface area contributed by atoms with E-state index in [0.29, 0.717) is 37.8 Å². The SMILES string of the molecule is NCc1ccc(C(=O)N2CCN(CC(=O)NC3CCCCC3)CC2)cc1. The molecule has 2 aliphatic rings. The van der Waals surface area contributed by atoms with Gasteiger partial charge in [0.1, 0.15) is 0 Å². The summed E-state index contributed by atoms with van der Waals surface area (Å²) in [7, 11) is 0. The summed E-state index contributed by atoms with van der Waals surface area (Å²) >= 11 is 0. The van der Waals surface area contributed by atoms with Crippen molar-refractivity contribution in [3.63, 3.8) is 0 Å². The van der Waals surface area contributed by atoms with Gasteiger partial charge in [0.15, 0.2) is 0 Å². The maximum atomic E-state index is 12.6. The number of carbonyl (C=O) groups excluding carboxylic acids is 2. The van der Waals surface area contributed by atoms with Gasteiger partial charge in [-0.1, -0.05) is 31.4 Å². The Kier molecular flexibility index (Phi) is 6.63. The summed E-state index contributed by atoms with van der Waals surface area (Å²) in [5.74, 6) is 0.175. The van der Waals surface area contributed by atoms with Gasteiger partial charge >= 0.3 is 0 Å². The highest BCUT2D eigenvalue weighted by Gasteiger charge is 2.24. The number of hydrogen-bond acceptors (Lipinski definition) is 4. The van der Waals surface area contributed by atoms with Gasteiger partial charge in [-0.25, -0.2) is 0 Å². The lowest BCUT2D eigenvalue weighted by Crippen LogP contribution is -2.52. The largest absolute Gasteiger partial charge is 0.352 e. The molecule has 2 amide bonds. The van der Waals surface area contributed by atoms with Gasteiger partial charge < -0.3 is 16.0 Å². The summed E-state index contributed by atoms with van der Waals surface area (Å²) in [6.45, 7) is 3.72. The highest BCUT2D eigenvalue weighted by atomic mass is 16.2. The molecule has 0 radical (unpaired) electrons. The van der Waals surface area contributed by atoms with E-state index >= 15 is 0 Å². The number of nitrogens with one attached hydrogen (secondary N) is 1. The second-order valence-corrected chi connectivity index (χ2v) is 7.37. The van der Waals surface area contributed by atoms with Crippen LogP contribution < -0.4 is 11.1 Å². The third-order valence-electron chi connectivity index (χ3n) is 5.43. The van der Waals surface area contributed by atoms with Crippen molar-refractivity contribution in [1.29, 1.82) is 0 Å². The van der Waals surface area contributed by atoms with Crippen LogP contribution in [0.2, 0.25) is 0 Å². The van der Waals surface area contributed by atoms with Crippen molar-refractivity contribution in [2.24, 2.45) is 5.73 Å². The van der Waals surface area contributed by atoms with Crippen molar-refractivity contribution in [2.45, 2.75) is 44.7 Å². The van der Waals surface area contributed by atoms with E-state index < -0.39 is 0 Å². The number of nitrogens with two attached hydrogens (primary N) is 1. The molecule has 142 valence electrons. The molecule has 1 aromatic rings. The third-order valence-corrected chi connectivity index (χ3v) is 5.43. The maximum absolute atomic E-state index is 12.6. The molecule has 1 saturated carbocycles. The molecular weight excluding hydrogens is 328 g/mol. The summed E-state index contributed by atoms with van der Waals surface area (Å²) in [4.78, 5) is 28.8. The van der Waals surface area contributed by atoms with Gasteiger partial charge in [0.25, 0.3) is 5.91 Å². The Morgan fingerprint density at radius 2 is 1.65 bits per heavy atom. The molecule has 6 heteroatoms. The molecule has 0 atom stereocenters. The average molecular weight is 358 g/mol. The van der Waals surface area contributed by atoms with Crippen molar-refractivity contribution in [1.82, 2.24) is 15.1 Å². The van der Waals surface area contributed by atoms with Gasteiger partial charge in [0.2, 0.25) is 5.91 Å². The Bertz CT molecular complexity index is 603. The highest BCUT2D eigenvalue weighted by Crippen LogP contribution is 2.17. The smallest absolute Gasteiger partial charge is 0.253 e. The standard InChI is InChI=1S/C20H30N4O2/c21-14-16-6-8-17(9-7-16)20(26)24-12-10-23(11-13-24)15-19(25)22-18-4-2-1-3-5-18/h6-9,18H,1-5,10-15,21H2,(H,22,25). The first-order valence-corrected chi connectivity index (χ1v) is 9.75. The number of rotatable bonds is 5. The van der Waals surface area contributed by atoms with Crippen LogP contribution >= 0.6 is 0 Å². The number of nitrogens with zero attached hydrogens (tertiary/aromatic N) is 2. The highest BCUT2D eigenvalue weighted by molar-refractivity contribution is 5.94. The number of carbonyl (C=O) groups is 2. The molecule has 1 aromatic carbocycles. The lowest BCUT2D eigenvalue weighted by atomic mass is 9.95. The molecule has 0 spiro atoms. The summed E-state index contributed by atoms with van der Waals surface area (Å²) in [5.41, 5.74) is 7.32. The first-order chi connectivity index (χ1) is 12.7. The van der Waals surface area contributed by atoms with Crippen LogP contribution in [0.1, 0.15) is 48.0 Å². The summed E-state index contributed by atoms with van der Waals surface area (Å²) in [6.07, 6.45) is 5.95. The van der Waals surface area contributed by atoms with Crippen molar-refractivity contribution in [3.05, 3.63) is 35.4 Å². The van der Waals surface area contributed by atoms with E-state index in [1.54, 1.807) is 0 Å². The topological polar surface area (TPSA) is 78.7 Å². The first-order valence-electron chi connectivity index (χ1n) is 9.75. The van der Waals surface area contributed by atoms with Crippen LogP contribution in [-0.2, 0) is 11.3 Å². The van der Waals surface area contributed by atoms with Crippen LogP contribution in [0, 0.1) is 0 Å². The predicted molar refractivity (Wildman–Crippen MR) is 102 cm³/mol. The van der Waals surface area contributed by atoms with Crippen LogP contribution in [-0.4, -0.2) is 60.4 Å². The number of hydrogen-bond donors (Lipinski definition) is 2. The fourth-order valence-electron chi connectivity index (χ4n) is 3.80. The minimum Gasteiger partial charge on any atom is -0.352 e. The lowest BCUT2D eigenvalue weighted by Gasteiger charge is -2.34. The van der Waals surface area contributed by atoms with Crippen LogP contribution in [0.5, 0.6) is 0 Å². The Balaban J connectivity index is 1.43. The Hall–Kier alpha value is -1.92.